The van der Waals surface area contributed by atoms with Crippen molar-refractivity contribution in [1.82, 2.24) is 24.7 Å². The first-order valence-electron chi connectivity index (χ1n) is 14.0. The smallest absolute Gasteiger partial charge is 0.156 e. The van der Waals surface area contributed by atoms with E-state index in [0.29, 0.717) is 11.7 Å². The highest BCUT2D eigenvalue weighted by Gasteiger charge is 2.38. The van der Waals surface area contributed by atoms with Crippen molar-refractivity contribution in [2.24, 2.45) is 5.92 Å². The zero-order valence-corrected chi connectivity index (χ0v) is 24.4. The van der Waals surface area contributed by atoms with Gasteiger partial charge in [0.15, 0.2) is 5.82 Å². The maximum Gasteiger partial charge on any atom is 0.156 e. The molecule has 0 spiro atoms. The highest BCUT2D eigenvalue weighted by atomic mass is 32.2. The Bertz CT molecular complexity index is 1660. The van der Waals surface area contributed by atoms with E-state index in [1.54, 1.807) is 19.5 Å². The molecule has 1 aliphatic carbocycles. The fourth-order valence-electron chi connectivity index (χ4n) is 6.26. The lowest BCUT2D eigenvalue weighted by Crippen LogP contribution is -2.57. The van der Waals surface area contributed by atoms with Crippen LogP contribution in [0.15, 0.2) is 42.9 Å². The lowest BCUT2D eigenvalue weighted by molar-refractivity contribution is 0.340. The van der Waals surface area contributed by atoms with Crippen molar-refractivity contribution in [1.29, 1.82) is 0 Å². The summed E-state index contributed by atoms with van der Waals surface area (Å²) >= 11 is 0. The topological polar surface area (TPSA) is 103 Å². The number of ether oxygens (including phenoxy) is 1. The molecule has 0 radical (unpaired) electrons. The van der Waals surface area contributed by atoms with E-state index in [1.807, 2.05) is 29.9 Å². The van der Waals surface area contributed by atoms with Crippen LogP contribution in [0.3, 0.4) is 0 Å². The van der Waals surface area contributed by atoms with Crippen LogP contribution in [0.4, 0.5) is 5.69 Å². The van der Waals surface area contributed by atoms with Gasteiger partial charge in [-0.2, -0.15) is 5.10 Å². The molecular formula is C30H36N6O3S. The van der Waals surface area contributed by atoms with Gasteiger partial charge in [-0.05, 0) is 44.9 Å². The molecular weight excluding hydrogens is 524 g/mol. The molecule has 210 valence electrons. The number of rotatable bonds is 7. The van der Waals surface area contributed by atoms with Gasteiger partial charge in [-0.3, -0.25) is 9.97 Å². The molecule has 40 heavy (non-hydrogen) atoms. The summed E-state index contributed by atoms with van der Waals surface area (Å²) in [5.74, 6) is 2.23. The highest BCUT2D eigenvalue weighted by Crippen LogP contribution is 2.38. The fraction of sp³-hybridized carbons (Fsp3) is 0.467. The molecule has 1 saturated carbocycles. The van der Waals surface area contributed by atoms with Gasteiger partial charge in [0.25, 0.3) is 0 Å². The van der Waals surface area contributed by atoms with Gasteiger partial charge in [0, 0.05) is 71.6 Å². The number of aromatic nitrogens is 5. The van der Waals surface area contributed by atoms with Crippen molar-refractivity contribution in [3.63, 3.8) is 0 Å². The van der Waals surface area contributed by atoms with E-state index < -0.39 is 9.84 Å². The Hall–Kier alpha value is -3.53. The van der Waals surface area contributed by atoms with Crippen LogP contribution in [0.25, 0.3) is 28.0 Å². The van der Waals surface area contributed by atoms with Crippen LogP contribution < -0.4 is 9.64 Å². The number of nitrogens with zero attached hydrogens (tertiary/aromatic N) is 6. The van der Waals surface area contributed by atoms with E-state index in [-0.39, 0.29) is 17.7 Å². The Balaban J connectivity index is 1.45. The number of hydrogen-bond acceptors (Lipinski definition) is 8. The zero-order chi connectivity index (χ0) is 28.0. The maximum absolute atomic E-state index is 12.0. The summed E-state index contributed by atoms with van der Waals surface area (Å²) in [7, 11) is -1.38. The van der Waals surface area contributed by atoms with Crippen molar-refractivity contribution >= 4 is 26.4 Å². The van der Waals surface area contributed by atoms with Gasteiger partial charge in [0.05, 0.1) is 35.8 Å². The van der Waals surface area contributed by atoms with Crippen LogP contribution in [0.1, 0.15) is 56.3 Å². The largest absolute Gasteiger partial charge is 0.496 e. The predicted octanol–water partition coefficient (Wildman–Crippen LogP) is 5.11. The molecule has 2 atom stereocenters. The monoisotopic (exact) mass is 560 g/mol. The molecule has 1 aliphatic heterocycles. The normalized spacial score (nSPS) is 20.1. The lowest BCUT2D eigenvalue weighted by atomic mass is 9.86. The van der Waals surface area contributed by atoms with E-state index >= 15 is 0 Å². The first-order valence-corrected chi connectivity index (χ1v) is 16.1. The average Bonchev–Trinajstić information content (AvgIpc) is 3.39. The van der Waals surface area contributed by atoms with Crippen LogP contribution in [-0.4, -0.2) is 64.9 Å². The third kappa shape index (κ3) is 5.05. The van der Waals surface area contributed by atoms with Crippen molar-refractivity contribution < 1.29 is 13.2 Å². The Morgan fingerprint density at radius 2 is 1.88 bits per heavy atom. The number of methoxy groups -OCH3 is 1. The second-order valence-electron chi connectivity index (χ2n) is 11.3. The van der Waals surface area contributed by atoms with Gasteiger partial charge >= 0.3 is 0 Å². The van der Waals surface area contributed by atoms with E-state index in [4.69, 9.17) is 19.8 Å². The third-order valence-corrected chi connectivity index (χ3v) is 9.58. The summed E-state index contributed by atoms with van der Waals surface area (Å²) in [5.41, 5.74) is 5.53. The van der Waals surface area contributed by atoms with Gasteiger partial charge in [-0.15, -0.1) is 0 Å². The summed E-state index contributed by atoms with van der Waals surface area (Å²) in [6, 6.07) is 8.30. The zero-order valence-electron chi connectivity index (χ0n) is 23.5. The molecule has 1 saturated heterocycles. The summed E-state index contributed by atoms with van der Waals surface area (Å²) in [4.78, 5) is 16.6. The van der Waals surface area contributed by atoms with Gasteiger partial charge in [-0.1, -0.05) is 19.3 Å². The van der Waals surface area contributed by atoms with Crippen LogP contribution in [0, 0.1) is 12.8 Å². The average molecular weight is 561 g/mol. The molecule has 0 amide bonds. The van der Waals surface area contributed by atoms with Gasteiger partial charge < -0.3 is 9.64 Å². The minimum Gasteiger partial charge on any atom is -0.496 e. The molecule has 0 bridgehead atoms. The van der Waals surface area contributed by atoms with Crippen LogP contribution in [0.2, 0.25) is 0 Å². The molecule has 5 heterocycles. The molecule has 10 heteroatoms. The molecule has 0 unspecified atom stereocenters. The van der Waals surface area contributed by atoms with E-state index in [1.165, 1.54) is 25.5 Å². The Labute approximate surface area is 235 Å². The van der Waals surface area contributed by atoms with E-state index in [0.717, 1.165) is 64.4 Å². The summed E-state index contributed by atoms with van der Waals surface area (Å²) in [6.07, 6.45) is 12.6. The minimum absolute atomic E-state index is 0.126. The summed E-state index contributed by atoms with van der Waals surface area (Å²) in [6.45, 7) is 4.82. The molecule has 6 rings (SSSR count). The standard InChI is InChI=1S/C30H36N6O3S/c1-19-24-16-32-36(28(24)14-27(33-19)25-15-31-11-10-29(25)39-3)30-13-23(12-26(34-30)21-8-6-5-7-9-21)35-17-22(20(35)2)18-40(4,37)38/h10-16,20-22H,5-9,17-18H2,1-4H3/t20-,22-/m1/s1. The van der Waals surface area contributed by atoms with Gasteiger partial charge in [-0.25, -0.2) is 18.1 Å². The molecule has 2 aliphatic rings. The quantitative estimate of drug-likeness (QED) is 0.307. The van der Waals surface area contributed by atoms with Crippen LogP contribution in [0.5, 0.6) is 5.75 Å². The number of sulfone groups is 1. The summed E-state index contributed by atoms with van der Waals surface area (Å²) in [5, 5.41) is 5.75. The van der Waals surface area contributed by atoms with E-state index in [9.17, 15) is 8.42 Å². The first-order chi connectivity index (χ1) is 19.2. The Morgan fingerprint density at radius 3 is 2.60 bits per heavy atom. The molecule has 4 aromatic heterocycles. The maximum atomic E-state index is 12.0. The third-order valence-electron chi connectivity index (χ3n) is 8.55. The van der Waals surface area contributed by atoms with Crippen LogP contribution >= 0.6 is 0 Å². The molecule has 4 aromatic rings. The molecule has 2 fully saturated rings. The highest BCUT2D eigenvalue weighted by molar-refractivity contribution is 7.90. The Morgan fingerprint density at radius 1 is 1.07 bits per heavy atom. The number of pyridine rings is 3. The van der Waals surface area contributed by atoms with Gasteiger partial charge in [0.2, 0.25) is 0 Å². The number of anilines is 1. The number of aryl methyl sites for hydroxylation is 1. The van der Waals surface area contributed by atoms with Crippen molar-refractivity contribution in [2.45, 2.75) is 57.9 Å². The second kappa shape index (κ2) is 10.5. The van der Waals surface area contributed by atoms with Crippen molar-refractivity contribution in [3.8, 4) is 22.8 Å². The van der Waals surface area contributed by atoms with E-state index in [2.05, 4.69) is 28.9 Å². The lowest BCUT2D eigenvalue weighted by Gasteiger charge is -2.48. The van der Waals surface area contributed by atoms with Crippen LogP contribution in [-0.2, 0) is 9.84 Å². The predicted molar refractivity (Wildman–Crippen MR) is 157 cm³/mol. The second-order valence-corrected chi connectivity index (χ2v) is 13.5. The fourth-order valence-corrected chi connectivity index (χ4v) is 7.43. The summed E-state index contributed by atoms with van der Waals surface area (Å²) < 4.78 is 31.4. The molecule has 9 nitrogen and oxygen atoms in total. The Kier molecular flexibility index (Phi) is 6.98. The number of fused-ring (bicyclic) bond motifs is 1. The first kappa shape index (κ1) is 26.7. The van der Waals surface area contributed by atoms with Crippen molar-refractivity contribution in [3.05, 3.63) is 54.2 Å². The number of hydrogen-bond donors (Lipinski definition) is 0. The minimum atomic E-state index is -3.02. The van der Waals surface area contributed by atoms with Gasteiger partial charge in [0.1, 0.15) is 15.6 Å². The molecule has 0 aromatic carbocycles. The SMILES string of the molecule is COc1ccncc1-c1cc2c(cnn2-c2cc(N3C[C@H](CS(C)(=O)=O)[C@H]3C)cc(C3CCCCC3)n2)c(C)n1. The molecule has 0 N–H and O–H groups in total. The van der Waals surface area contributed by atoms with Crippen molar-refractivity contribution in [2.75, 3.05) is 30.6 Å².